The zero-order valence-corrected chi connectivity index (χ0v) is 13.5. The van der Waals surface area contributed by atoms with Crippen LogP contribution in [-0.4, -0.2) is 17.1 Å². The van der Waals surface area contributed by atoms with Crippen molar-refractivity contribution in [3.05, 3.63) is 31.4 Å². The summed E-state index contributed by atoms with van der Waals surface area (Å²) in [5.41, 5.74) is 2.28. The summed E-state index contributed by atoms with van der Waals surface area (Å²) in [4.78, 5) is 7.68. The molecule has 0 saturated carbocycles. The van der Waals surface area contributed by atoms with Gasteiger partial charge in [-0.2, -0.15) is 0 Å². The fourth-order valence-corrected chi connectivity index (χ4v) is 3.87. The molecule has 0 radical (unpaired) electrons. The van der Waals surface area contributed by atoms with Gasteiger partial charge < -0.3 is 10.0 Å². The molecule has 6 heteroatoms. The van der Waals surface area contributed by atoms with E-state index in [1.807, 2.05) is 7.05 Å². The van der Waals surface area contributed by atoms with Crippen molar-refractivity contribution < 1.29 is 5.11 Å². The van der Waals surface area contributed by atoms with Gasteiger partial charge in [-0.05, 0) is 39.4 Å². The van der Waals surface area contributed by atoms with Crippen LogP contribution in [0.25, 0.3) is 0 Å². The zero-order chi connectivity index (χ0) is 13.1. The highest BCUT2D eigenvalue weighted by atomic mass is 79.9. The summed E-state index contributed by atoms with van der Waals surface area (Å²) in [6.07, 6.45) is 0.865. The number of aromatic nitrogens is 1. The second kappa shape index (κ2) is 6.14. The summed E-state index contributed by atoms with van der Waals surface area (Å²) >= 11 is 6.74. The third kappa shape index (κ3) is 3.12. The maximum absolute atomic E-state index is 9.29. The summed E-state index contributed by atoms with van der Waals surface area (Å²) in [5, 5.41) is 12.4. The first-order valence-corrected chi connectivity index (χ1v) is 8.16. The van der Waals surface area contributed by atoms with Crippen molar-refractivity contribution in [3.8, 4) is 0 Å². The highest BCUT2D eigenvalue weighted by Crippen LogP contribution is 2.28. The molecule has 2 heterocycles. The van der Waals surface area contributed by atoms with E-state index in [4.69, 9.17) is 0 Å². The van der Waals surface area contributed by atoms with Crippen molar-refractivity contribution in [3.63, 3.8) is 0 Å². The minimum absolute atomic E-state index is 0.0820. The molecule has 0 bridgehead atoms. The number of hydrogen-bond acceptors (Lipinski definition) is 5. The predicted octanol–water partition coefficient (Wildman–Crippen LogP) is 3.66. The summed E-state index contributed by atoms with van der Waals surface area (Å²) in [6, 6.07) is 2.13. The van der Waals surface area contributed by atoms with Gasteiger partial charge in [-0.3, -0.25) is 0 Å². The third-order valence-corrected chi connectivity index (χ3v) is 5.36. The van der Waals surface area contributed by atoms with Gasteiger partial charge in [0.15, 0.2) is 5.13 Å². The first kappa shape index (κ1) is 14.0. The number of hydrogen-bond donors (Lipinski definition) is 1. The van der Waals surface area contributed by atoms with E-state index < -0.39 is 0 Å². The molecule has 0 spiro atoms. The van der Waals surface area contributed by atoms with Crippen molar-refractivity contribution in [2.24, 2.45) is 0 Å². The van der Waals surface area contributed by atoms with E-state index in [-0.39, 0.29) is 6.61 Å². The number of aliphatic hydroxyl groups excluding tert-OH is 1. The Hall–Kier alpha value is -0.430. The van der Waals surface area contributed by atoms with Gasteiger partial charge in [0.2, 0.25) is 0 Å². The molecule has 0 amide bonds. The molecule has 2 aromatic rings. The Morgan fingerprint density at radius 1 is 1.50 bits per heavy atom. The smallest absolute Gasteiger partial charge is 0.185 e. The fraction of sp³-hybridized carbons (Fsp3) is 0.417. The fourth-order valence-electron chi connectivity index (χ4n) is 1.70. The van der Waals surface area contributed by atoms with Crippen LogP contribution in [0.5, 0.6) is 0 Å². The second-order valence-corrected chi connectivity index (χ2v) is 7.35. The Labute approximate surface area is 123 Å². The molecule has 0 aliphatic rings. The average molecular weight is 347 g/mol. The van der Waals surface area contributed by atoms with Gasteiger partial charge in [-0.15, -0.1) is 11.3 Å². The number of thiazole rings is 1. The van der Waals surface area contributed by atoms with Crippen LogP contribution in [0.1, 0.15) is 23.1 Å². The van der Waals surface area contributed by atoms with E-state index in [0.717, 1.165) is 32.5 Å². The minimum Gasteiger partial charge on any atom is -0.391 e. The highest BCUT2D eigenvalue weighted by molar-refractivity contribution is 9.11. The number of aryl methyl sites for hydroxylation is 1. The molecule has 2 aromatic heterocycles. The molecule has 98 valence electrons. The largest absolute Gasteiger partial charge is 0.391 e. The zero-order valence-electron chi connectivity index (χ0n) is 10.3. The lowest BCUT2D eigenvalue weighted by molar-refractivity contribution is 0.284. The molecule has 2 rings (SSSR count). The molecule has 0 aromatic carbocycles. The van der Waals surface area contributed by atoms with Crippen LogP contribution in [0.3, 0.4) is 0 Å². The summed E-state index contributed by atoms with van der Waals surface area (Å²) in [6.45, 7) is 2.98. The number of anilines is 1. The number of thiophene rings is 1. The molecule has 0 unspecified atom stereocenters. The monoisotopic (exact) mass is 346 g/mol. The Bertz CT molecular complexity index is 502. The van der Waals surface area contributed by atoms with Crippen molar-refractivity contribution in [1.82, 2.24) is 4.98 Å². The van der Waals surface area contributed by atoms with Crippen molar-refractivity contribution in [2.75, 3.05) is 11.9 Å². The second-order valence-electron chi connectivity index (χ2n) is 3.99. The minimum atomic E-state index is 0.0820. The molecular weight excluding hydrogens is 332 g/mol. The van der Waals surface area contributed by atoms with E-state index in [9.17, 15) is 5.11 Å². The van der Waals surface area contributed by atoms with Crippen LogP contribution in [0.15, 0.2) is 15.2 Å². The molecule has 18 heavy (non-hydrogen) atoms. The van der Waals surface area contributed by atoms with Crippen molar-refractivity contribution in [1.29, 1.82) is 0 Å². The normalized spacial score (nSPS) is 10.9. The first-order valence-electron chi connectivity index (χ1n) is 5.67. The van der Waals surface area contributed by atoms with Gasteiger partial charge >= 0.3 is 0 Å². The molecule has 0 saturated heterocycles. The van der Waals surface area contributed by atoms with Crippen LogP contribution in [0.4, 0.5) is 5.13 Å². The Morgan fingerprint density at radius 2 is 2.28 bits per heavy atom. The molecule has 0 fully saturated rings. The van der Waals surface area contributed by atoms with Gasteiger partial charge in [0.25, 0.3) is 0 Å². The lowest BCUT2D eigenvalue weighted by Crippen LogP contribution is -2.15. The standard InChI is InChI=1S/C12H15BrN2OS2/c1-3-9-10(6-16)18-12(14-9)15(2)5-8-4-11(13)17-7-8/h4,7,16H,3,5-6H2,1-2H3. The van der Waals surface area contributed by atoms with E-state index in [0.29, 0.717) is 0 Å². The summed E-state index contributed by atoms with van der Waals surface area (Å²) < 4.78 is 1.15. The van der Waals surface area contributed by atoms with E-state index in [1.165, 1.54) is 5.56 Å². The first-order chi connectivity index (χ1) is 8.63. The van der Waals surface area contributed by atoms with Gasteiger partial charge in [-0.1, -0.05) is 18.3 Å². The number of nitrogens with zero attached hydrogens (tertiary/aromatic N) is 2. The SMILES string of the molecule is CCc1nc(N(C)Cc2csc(Br)c2)sc1CO. The quantitative estimate of drug-likeness (QED) is 0.897. The summed E-state index contributed by atoms with van der Waals surface area (Å²) in [7, 11) is 2.03. The van der Waals surface area contributed by atoms with Gasteiger partial charge in [0.05, 0.1) is 21.0 Å². The van der Waals surface area contributed by atoms with Crippen LogP contribution >= 0.6 is 38.6 Å². The lowest BCUT2D eigenvalue weighted by atomic mass is 10.3. The highest BCUT2D eigenvalue weighted by Gasteiger charge is 2.12. The molecule has 0 aliphatic heterocycles. The van der Waals surface area contributed by atoms with E-state index in [2.05, 4.69) is 44.2 Å². The Kier molecular flexibility index (Phi) is 4.77. The van der Waals surface area contributed by atoms with Gasteiger partial charge in [0.1, 0.15) is 0 Å². The predicted molar refractivity (Wildman–Crippen MR) is 81.5 cm³/mol. The van der Waals surface area contributed by atoms with E-state index >= 15 is 0 Å². The average Bonchev–Trinajstić information content (AvgIpc) is 2.95. The Morgan fingerprint density at radius 3 is 2.78 bits per heavy atom. The molecule has 3 nitrogen and oxygen atoms in total. The topological polar surface area (TPSA) is 36.4 Å². The summed E-state index contributed by atoms with van der Waals surface area (Å²) in [5.74, 6) is 0. The van der Waals surface area contributed by atoms with E-state index in [1.54, 1.807) is 22.7 Å². The number of halogens is 1. The van der Waals surface area contributed by atoms with Crippen LogP contribution in [0, 0.1) is 0 Å². The molecular formula is C12H15BrN2OS2. The van der Waals surface area contributed by atoms with Gasteiger partial charge in [0, 0.05) is 13.6 Å². The van der Waals surface area contributed by atoms with Crippen LogP contribution < -0.4 is 4.90 Å². The number of rotatable bonds is 5. The maximum atomic E-state index is 9.29. The number of aliphatic hydroxyl groups is 1. The van der Waals surface area contributed by atoms with Gasteiger partial charge in [-0.25, -0.2) is 4.98 Å². The lowest BCUT2D eigenvalue weighted by Gasteiger charge is -2.14. The maximum Gasteiger partial charge on any atom is 0.185 e. The molecule has 1 N–H and O–H groups in total. The van der Waals surface area contributed by atoms with Crippen LogP contribution in [-0.2, 0) is 19.6 Å². The third-order valence-electron chi connectivity index (χ3n) is 2.61. The van der Waals surface area contributed by atoms with Crippen molar-refractivity contribution >= 4 is 43.7 Å². The molecule has 0 aliphatic carbocycles. The Balaban J connectivity index is 2.13. The molecule has 0 atom stereocenters. The van der Waals surface area contributed by atoms with Crippen LogP contribution in [0.2, 0.25) is 0 Å². The van der Waals surface area contributed by atoms with Crippen molar-refractivity contribution in [2.45, 2.75) is 26.5 Å².